The first-order chi connectivity index (χ1) is 11.7. The van der Waals surface area contributed by atoms with E-state index in [1.807, 2.05) is 60.7 Å². The molecule has 5 nitrogen and oxygen atoms in total. The minimum Gasteiger partial charge on any atom is -0.338 e. The highest BCUT2D eigenvalue weighted by Crippen LogP contribution is 2.20. The summed E-state index contributed by atoms with van der Waals surface area (Å²) in [7, 11) is 0. The molecule has 1 unspecified atom stereocenters. The lowest BCUT2D eigenvalue weighted by atomic mass is 10.1. The number of nitrogens with one attached hydrogen (secondary N) is 2. The lowest BCUT2D eigenvalue weighted by Crippen LogP contribution is -2.43. The predicted octanol–water partition coefficient (Wildman–Crippen LogP) is 2.33. The Morgan fingerprint density at radius 3 is 2.42 bits per heavy atom. The number of urea groups is 1. The van der Waals surface area contributed by atoms with Gasteiger partial charge in [0.05, 0.1) is 6.04 Å². The third kappa shape index (κ3) is 4.13. The number of amides is 3. The number of benzene rings is 2. The second-order valence-electron chi connectivity index (χ2n) is 5.88. The quantitative estimate of drug-likeness (QED) is 0.887. The molecule has 5 heteroatoms. The molecule has 1 saturated heterocycles. The molecule has 1 fully saturated rings. The standard InChI is InChI=1S/C19H21N3O2/c23-18-13-16(14-22(18)17-9-5-2-6-10-17)21-19(24)20-12-11-15-7-3-1-4-8-15/h1-10,16H,11-14H2,(H2,20,21,24). The molecular formula is C19H21N3O2. The lowest BCUT2D eigenvalue weighted by Gasteiger charge is -2.17. The van der Waals surface area contributed by atoms with Gasteiger partial charge in [0.1, 0.15) is 0 Å². The summed E-state index contributed by atoms with van der Waals surface area (Å²) < 4.78 is 0. The number of para-hydroxylation sites is 1. The van der Waals surface area contributed by atoms with Crippen LogP contribution in [0.25, 0.3) is 0 Å². The van der Waals surface area contributed by atoms with E-state index in [0.29, 0.717) is 19.5 Å². The number of nitrogens with zero attached hydrogens (tertiary/aromatic N) is 1. The Balaban J connectivity index is 1.45. The zero-order valence-electron chi connectivity index (χ0n) is 13.4. The topological polar surface area (TPSA) is 61.4 Å². The summed E-state index contributed by atoms with van der Waals surface area (Å²) in [5.41, 5.74) is 2.06. The Hall–Kier alpha value is -2.82. The minimum absolute atomic E-state index is 0.0378. The molecule has 2 aromatic rings. The molecule has 3 rings (SSSR count). The SMILES string of the molecule is O=C(NCCc1ccccc1)NC1CC(=O)N(c2ccccc2)C1. The minimum atomic E-state index is -0.223. The Labute approximate surface area is 141 Å². The molecule has 1 aliphatic rings. The number of carbonyl (C=O) groups is 2. The molecule has 0 saturated carbocycles. The zero-order chi connectivity index (χ0) is 16.8. The molecule has 2 aromatic carbocycles. The molecule has 0 aliphatic carbocycles. The average Bonchev–Trinajstić information content (AvgIpc) is 2.97. The van der Waals surface area contributed by atoms with Gasteiger partial charge in [0.15, 0.2) is 0 Å². The van der Waals surface area contributed by atoms with Crippen LogP contribution in [0.5, 0.6) is 0 Å². The summed E-state index contributed by atoms with van der Waals surface area (Å²) >= 11 is 0. The fourth-order valence-corrected chi connectivity index (χ4v) is 2.86. The van der Waals surface area contributed by atoms with Crippen molar-refractivity contribution in [2.75, 3.05) is 18.0 Å². The predicted molar refractivity (Wildman–Crippen MR) is 93.9 cm³/mol. The molecular weight excluding hydrogens is 302 g/mol. The van der Waals surface area contributed by atoms with Gasteiger partial charge in [-0.25, -0.2) is 4.79 Å². The highest BCUT2D eigenvalue weighted by atomic mass is 16.2. The third-order valence-electron chi connectivity index (χ3n) is 4.07. The number of hydrogen-bond donors (Lipinski definition) is 2. The summed E-state index contributed by atoms with van der Waals surface area (Å²) in [5, 5.41) is 5.73. The molecule has 0 aromatic heterocycles. The molecule has 1 heterocycles. The highest BCUT2D eigenvalue weighted by molar-refractivity contribution is 5.96. The van der Waals surface area contributed by atoms with E-state index in [0.717, 1.165) is 12.1 Å². The van der Waals surface area contributed by atoms with Gasteiger partial charge in [-0.3, -0.25) is 4.79 Å². The number of anilines is 1. The Kier molecular flexibility index (Phi) is 5.11. The molecule has 3 amide bonds. The Bertz CT molecular complexity index is 688. The van der Waals surface area contributed by atoms with Crippen LogP contribution in [0, 0.1) is 0 Å². The lowest BCUT2D eigenvalue weighted by molar-refractivity contribution is -0.117. The highest BCUT2D eigenvalue weighted by Gasteiger charge is 2.31. The van der Waals surface area contributed by atoms with Crippen LogP contribution >= 0.6 is 0 Å². The molecule has 0 spiro atoms. The molecule has 0 bridgehead atoms. The van der Waals surface area contributed by atoms with Crippen molar-refractivity contribution in [3.05, 3.63) is 66.2 Å². The Morgan fingerprint density at radius 1 is 1.04 bits per heavy atom. The molecule has 124 valence electrons. The first kappa shape index (κ1) is 16.1. The number of hydrogen-bond acceptors (Lipinski definition) is 2. The zero-order valence-corrected chi connectivity index (χ0v) is 13.4. The smallest absolute Gasteiger partial charge is 0.315 e. The van der Waals surface area contributed by atoms with Gasteiger partial charge in [-0.05, 0) is 24.1 Å². The van der Waals surface area contributed by atoms with E-state index < -0.39 is 0 Å². The van der Waals surface area contributed by atoms with Crippen LogP contribution < -0.4 is 15.5 Å². The van der Waals surface area contributed by atoms with E-state index in [1.165, 1.54) is 5.56 Å². The molecule has 0 radical (unpaired) electrons. The maximum atomic E-state index is 12.1. The van der Waals surface area contributed by atoms with Crippen molar-refractivity contribution in [1.29, 1.82) is 0 Å². The van der Waals surface area contributed by atoms with Crippen molar-refractivity contribution < 1.29 is 9.59 Å². The first-order valence-corrected chi connectivity index (χ1v) is 8.16. The van der Waals surface area contributed by atoms with Gasteiger partial charge in [0, 0.05) is 25.2 Å². The maximum Gasteiger partial charge on any atom is 0.315 e. The summed E-state index contributed by atoms with van der Waals surface area (Å²) in [6, 6.07) is 19.2. The van der Waals surface area contributed by atoms with E-state index in [2.05, 4.69) is 10.6 Å². The van der Waals surface area contributed by atoms with Gasteiger partial charge in [-0.15, -0.1) is 0 Å². The maximum absolute atomic E-state index is 12.1. The van der Waals surface area contributed by atoms with Crippen molar-refractivity contribution in [3.63, 3.8) is 0 Å². The first-order valence-electron chi connectivity index (χ1n) is 8.16. The Morgan fingerprint density at radius 2 is 1.71 bits per heavy atom. The molecule has 2 N–H and O–H groups in total. The van der Waals surface area contributed by atoms with Crippen molar-refractivity contribution in [2.45, 2.75) is 18.9 Å². The van der Waals surface area contributed by atoms with E-state index in [1.54, 1.807) is 4.90 Å². The summed E-state index contributed by atoms with van der Waals surface area (Å²) in [6.45, 7) is 1.08. The van der Waals surface area contributed by atoms with Gasteiger partial charge >= 0.3 is 6.03 Å². The fourth-order valence-electron chi connectivity index (χ4n) is 2.86. The van der Waals surface area contributed by atoms with Gasteiger partial charge in [0.2, 0.25) is 5.91 Å². The average molecular weight is 323 g/mol. The van der Waals surface area contributed by atoms with Crippen LogP contribution in [-0.4, -0.2) is 31.1 Å². The van der Waals surface area contributed by atoms with Crippen LogP contribution in [0.1, 0.15) is 12.0 Å². The van der Waals surface area contributed by atoms with Gasteiger partial charge in [-0.1, -0.05) is 48.5 Å². The second-order valence-corrected chi connectivity index (χ2v) is 5.88. The van der Waals surface area contributed by atoms with Crippen LogP contribution in [0.2, 0.25) is 0 Å². The van der Waals surface area contributed by atoms with Gasteiger partial charge < -0.3 is 15.5 Å². The molecule has 24 heavy (non-hydrogen) atoms. The van der Waals surface area contributed by atoms with Crippen LogP contribution in [0.15, 0.2) is 60.7 Å². The van der Waals surface area contributed by atoms with E-state index in [4.69, 9.17) is 0 Å². The van der Waals surface area contributed by atoms with Crippen molar-refractivity contribution in [3.8, 4) is 0 Å². The van der Waals surface area contributed by atoms with Crippen molar-refractivity contribution in [1.82, 2.24) is 10.6 Å². The van der Waals surface area contributed by atoms with Crippen molar-refractivity contribution in [2.24, 2.45) is 0 Å². The molecule has 1 aliphatic heterocycles. The summed E-state index contributed by atoms with van der Waals surface area (Å²) in [6.07, 6.45) is 1.12. The van der Waals surface area contributed by atoms with Crippen LogP contribution in [0.3, 0.4) is 0 Å². The van der Waals surface area contributed by atoms with E-state index in [9.17, 15) is 9.59 Å². The normalized spacial score (nSPS) is 16.9. The number of rotatable bonds is 5. The van der Waals surface area contributed by atoms with Crippen molar-refractivity contribution >= 4 is 17.6 Å². The van der Waals surface area contributed by atoms with Gasteiger partial charge in [0.25, 0.3) is 0 Å². The molecule has 1 atom stereocenters. The van der Waals surface area contributed by atoms with Crippen LogP contribution in [-0.2, 0) is 11.2 Å². The fraction of sp³-hybridized carbons (Fsp3) is 0.263. The van der Waals surface area contributed by atoms with E-state index in [-0.39, 0.29) is 18.0 Å². The van der Waals surface area contributed by atoms with Gasteiger partial charge in [-0.2, -0.15) is 0 Å². The third-order valence-corrected chi connectivity index (χ3v) is 4.07. The van der Waals surface area contributed by atoms with E-state index >= 15 is 0 Å². The number of carbonyl (C=O) groups excluding carboxylic acids is 2. The largest absolute Gasteiger partial charge is 0.338 e. The summed E-state index contributed by atoms with van der Waals surface area (Å²) in [5.74, 6) is 0.0378. The van der Waals surface area contributed by atoms with Crippen LogP contribution in [0.4, 0.5) is 10.5 Å². The second kappa shape index (κ2) is 7.64. The monoisotopic (exact) mass is 323 g/mol. The summed E-state index contributed by atoms with van der Waals surface area (Å²) in [4.78, 5) is 25.8.